The van der Waals surface area contributed by atoms with Crippen LogP contribution in [-0.4, -0.2) is 70.6 Å². The second-order valence-electron chi connectivity index (χ2n) is 7.53. The number of halogens is 3. The van der Waals surface area contributed by atoms with Gasteiger partial charge in [0.15, 0.2) is 6.61 Å². The normalized spacial score (nSPS) is 17.6. The van der Waals surface area contributed by atoms with Gasteiger partial charge in [0.25, 0.3) is 0 Å². The Morgan fingerprint density at radius 1 is 1.26 bits per heavy atom. The summed E-state index contributed by atoms with van der Waals surface area (Å²) in [7, 11) is 3.50. The predicted octanol–water partition coefficient (Wildman–Crippen LogP) is 3.25. The first-order valence-corrected chi connectivity index (χ1v) is 9.86. The molecule has 0 bridgehead atoms. The van der Waals surface area contributed by atoms with Gasteiger partial charge in [-0.15, -0.1) is 10.2 Å². The highest BCUT2D eigenvalue weighted by Crippen LogP contribution is 2.35. The first kappa shape index (κ1) is 21.2. The summed E-state index contributed by atoms with van der Waals surface area (Å²) in [5.41, 5.74) is 1.33. The van der Waals surface area contributed by atoms with E-state index in [0.29, 0.717) is 28.5 Å². The van der Waals surface area contributed by atoms with E-state index in [0.717, 1.165) is 25.9 Å². The number of fused-ring (bicyclic) bond motifs is 1. The fourth-order valence-corrected chi connectivity index (χ4v) is 3.70. The minimum atomic E-state index is -4.47. The highest BCUT2D eigenvalue weighted by atomic mass is 19.4. The Labute approximate surface area is 177 Å². The lowest BCUT2D eigenvalue weighted by atomic mass is 10.1. The maximum absolute atomic E-state index is 12.8. The minimum Gasteiger partial charge on any atom is -0.497 e. The van der Waals surface area contributed by atoms with E-state index in [1.807, 2.05) is 0 Å². The molecule has 0 aliphatic carbocycles. The number of methoxy groups -OCH3 is 1. The second kappa shape index (κ2) is 8.58. The summed E-state index contributed by atoms with van der Waals surface area (Å²) in [6.07, 6.45) is 0.817. The second-order valence-corrected chi connectivity index (χ2v) is 7.53. The Hall–Kier alpha value is -3.08. The number of anilines is 1. The third-order valence-electron chi connectivity index (χ3n) is 5.15. The largest absolute Gasteiger partial charge is 0.497 e. The zero-order chi connectivity index (χ0) is 22.0. The fraction of sp³-hybridized carbons (Fsp3) is 0.450. The third-order valence-corrected chi connectivity index (χ3v) is 5.15. The fourth-order valence-electron chi connectivity index (χ4n) is 3.70. The summed E-state index contributed by atoms with van der Waals surface area (Å²) in [5.74, 6) is 0.907. The molecule has 166 valence electrons. The molecule has 11 heteroatoms. The molecule has 2 aromatic heterocycles. The van der Waals surface area contributed by atoms with Crippen molar-refractivity contribution in [2.24, 2.45) is 0 Å². The molecule has 31 heavy (non-hydrogen) atoms. The monoisotopic (exact) mass is 436 g/mol. The number of likely N-dealkylation sites (N-methyl/N-ethyl adjacent to an activating group) is 1. The van der Waals surface area contributed by atoms with Gasteiger partial charge in [-0.3, -0.25) is 4.40 Å². The van der Waals surface area contributed by atoms with Gasteiger partial charge >= 0.3 is 6.18 Å². The van der Waals surface area contributed by atoms with Crippen molar-refractivity contribution >= 4 is 11.5 Å². The van der Waals surface area contributed by atoms with E-state index >= 15 is 0 Å². The van der Waals surface area contributed by atoms with Crippen LogP contribution in [0.15, 0.2) is 30.7 Å². The third kappa shape index (κ3) is 4.82. The topological polar surface area (TPSA) is 76.8 Å². The molecule has 1 saturated heterocycles. The zero-order valence-corrected chi connectivity index (χ0v) is 17.2. The summed E-state index contributed by atoms with van der Waals surface area (Å²) >= 11 is 0. The number of ether oxygens (including phenoxy) is 2. The van der Waals surface area contributed by atoms with E-state index in [9.17, 15) is 13.2 Å². The molecular formula is C20H23F3N6O2. The molecule has 0 amide bonds. The van der Waals surface area contributed by atoms with Crippen molar-refractivity contribution in [3.8, 4) is 22.8 Å². The van der Waals surface area contributed by atoms with Gasteiger partial charge in [-0.2, -0.15) is 13.2 Å². The van der Waals surface area contributed by atoms with Crippen molar-refractivity contribution in [1.82, 2.24) is 24.5 Å². The van der Waals surface area contributed by atoms with Crippen LogP contribution in [0.25, 0.3) is 16.8 Å². The molecule has 1 aromatic carbocycles. The van der Waals surface area contributed by atoms with E-state index in [2.05, 4.69) is 32.4 Å². The first-order valence-electron chi connectivity index (χ1n) is 9.86. The molecule has 4 rings (SSSR count). The summed E-state index contributed by atoms with van der Waals surface area (Å²) in [6, 6.07) is 4.86. The van der Waals surface area contributed by atoms with Crippen LogP contribution < -0.4 is 14.8 Å². The van der Waals surface area contributed by atoms with Crippen LogP contribution in [0, 0.1) is 0 Å². The van der Waals surface area contributed by atoms with Crippen LogP contribution in [0.2, 0.25) is 0 Å². The molecule has 3 heterocycles. The number of nitrogens with one attached hydrogen (secondary N) is 1. The summed E-state index contributed by atoms with van der Waals surface area (Å²) in [4.78, 5) is 6.44. The number of hydrogen-bond acceptors (Lipinski definition) is 7. The molecule has 8 nitrogen and oxygen atoms in total. The van der Waals surface area contributed by atoms with E-state index in [4.69, 9.17) is 9.47 Å². The number of rotatable bonds is 6. The minimum absolute atomic E-state index is 0.00342. The Balaban J connectivity index is 1.69. The molecule has 3 aromatic rings. The van der Waals surface area contributed by atoms with Gasteiger partial charge in [0.2, 0.25) is 5.95 Å². The van der Waals surface area contributed by atoms with Gasteiger partial charge in [-0.1, -0.05) is 0 Å². The van der Waals surface area contributed by atoms with Crippen LogP contribution in [0.1, 0.15) is 12.8 Å². The SMILES string of the molecule is COc1ccc(-c2nnc(N[C@@H]3CCCN(C)C3)n3cncc23)c(OCC(F)(F)F)c1. The maximum atomic E-state index is 12.8. The predicted molar refractivity (Wildman–Crippen MR) is 108 cm³/mol. The van der Waals surface area contributed by atoms with E-state index < -0.39 is 12.8 Å². The highest BCUT2D eigenvalue weighted by Gasteiger charge is 2.29. The molecule has 1 aliphatic rings. The number of alkyl halides is 3. The quantitative estimate of drug-likeness (QED) is 0.636. The molecule has 0 radical (unpaired) electrons. The number of likely N-dealkylation sites (tertiary alicyclic amines) is 1. The molecule has 0 saturated carbocycles. The lowest BCUT2D eigenvalue weighted by Gasteiger charge is -2.30. The summed E-state index contributed by atoms with van der Waals surface area (Å²) in [6.45, 7) is 0.514. The Kier molecular flexibility index (Phi) is 5.86. The average Bonchev–Trinajstić information content (AvgIpc) is 3.22. The van der Waals surface area contributed by atoms with Crippen molar-refractivity contribution in [1.29, 1.82) is 0 Å². The van der Waals surface area contributed by atoms with Crippen molar-refractivity contribution < 1.29 is 22.6 Å². The van der Waals surface area contributed by atoms with Crippen molar-refractivity contribution in [2.75, 3.05) is 39.2 Å². The van der Waals surface area contributed by atoms with Crippen LogP contribution in [0.4, 0.5) is 19.1 Å². The number of piperidine rings is 1. The Morgan fingerprint density at radius 3 is 2.84 bits per heavy atom. The summed E-state index contributed by atoms with van der Waals surface area (Å²) < 4.78 is 50.2. The summed E-state index contributed by atoms with van der Waals surface area (Å²) in [5, 5.41) is 12.0. The molecule has 1 aliphatic heterocycles. The smallest absolute Gasteiger partial charge is 0.422 e. The molecule has 1 atom stereocenters. The van der Waals surface area contributed by atoms with E-state index in [1.165, 1.54) is 13.2 Å². The van der Waals surface area contributed by atoms with Gasteiger partial charge < -0.3 is 19.7 Å². The van der Waals surface area contributed by atoms with Crippen LogP contribution >= 0.6 is 0 Å². The van der Waals surface area contributed by atoms with Crippen LogP contribution in [0.5, 0.6) is 11.5 Å². The zero-order valence-electron chi connectivity index (χ0n) is 17.2. The number of nitrogens with zero attached hydrogens (tertiary/aromatic N) is 5. The van der Waals surface area contributed by atoms with Gasteiger partial charge in [-0.25, -0.2) is 4.98 Å². The molecule has 0 unspecified atom stereocenters. The molecule has 1 fully saturated rings. The molecule has 0 spiro atoms. The lowest BCUT2D eigenvalue weighted by Crippen LogP contribution is -2.40. The Bertz CT molecular complexity index is 1060. The average molecular weight is 436 g/mol. The Morgan fingerprint density at radius 2 is 2.10 bits per heavy atom. The van der Waals surface area contributed by atoms with Crippen molar-refractivity contribution in [3.05, 3.63) is 30.7 Å². The van der Waals surface area contributed by atoms with E-state index in [-0.39, 0.29) is 11.8 Å². The van der Waals surface area contributed by atoms with Gasteiger partial charge in [0, 0.05) is 24.2 Å². The first-order chi connectivity index (χ1) is 14.8. The number of benzene rings is 1. The number of aromatic nitrogens is 4. The van der Waals surface area contributed by atoms with E-state index in [1.54, 1.807) is 29.1 Å². The maximum Gasteiger partial charge on any atom is 0.422 e. The highest BCUT2D eigenvalue weighted by molar-refractivity contribution is 5.81. The number of hydrogen-bond donors (Lipinski definition) is 1. The van der Waals surface area contributed by atoms with Crippen molar-refractivity contribution in [2.45, 2.75) is 25.1 Å². The lowest BCUT2D eigenvalue weighted by molar-refractivity contribution is -0.153. The van der Waals surface area contributed by atoms with Crippen LogP contribution in [0.3, 0.4) is 0 Å². The molecule has 1 N–H and O–H groups in total. The number of imidazole rings is 1. The standard InChI is InChI=1S/C20H23F3N6O2/c1-28-7-3-4-13(10-28)25-19-27-26-18(16-9-24-12-29(16)19)15-6-5-14(30-2)8-17(15)31-11-20(21,22)23/h5-6,8-9,12-13H,3-4,7,10-11H2,1-2H3,(H,25,27)/t13-/m1/s1. The van der Waals surface area contributed by atoms with Gasteiger partial charge in [0.1, 0.15) is 23.5 Å². The van der Waals surface area contributed by atoms with Crippen molar-refractivity contribution in [3.63, 3.8) is 0 Å². The van der Waals surface area contributed by atoms with Crippen LogP contribution in [-0.2, 0) is 0 Å². The molecular weight excluding hydrogens is 413 g/mol. The van der Waals surface area contributed by atoms with Gasteiger partial charge in [-0.05, 0) is 38.6 Å². The van der Waals surface area contributed by atoms with Gasteiger partial charge in [0.05, 0.1) is 18.8 Å².